The SMILES string of the molecule is CC.CC(C)N(C(=O)C1SC1NC(=O)OCC(C)(C)c1cccc(Cl)c1)C(C)(C=O)CC1CCNC1=O.COC. The first-order valence-corrected chi connectivity index (χ1v) is 14.9. The van der Waals surface area contributed by atoms with Gasteiger partial charge in [-0.15, -0.1) is 11.8 Å². The van der Waals surface area contributed by atoms with Crippen molar-refractivity contribution in [2.75, 3.05) is 27.4 Å². The molecular formula is C29H46ClN3O6S. The second-order valence-corrected chi connectivity index (χ2v) is 12.5. The Morgan fingerprint density at radius 2 is 1.88 bits per heavy atom. The summed E-state index contributed by atoms with van der Waals surface area (Å²) in [6.07, 6.45) is 1.06. The molecule has 3 amide bonds. The van der Waals surface area contributed by atoms with Gasteiger partial charge in [0.1, 0.15) is 18.1 Å². The van der Waals surface area contributed by atoms with Gasteiger partial charge in [-0.25, -0.2) is 4.79 Å². The number of hydrogen-bond acceptors (Lipinski definition) is 7. The lowest BCUT2D eigenvalue weighted by molar-refractivity contribution is -0.144. The molecule has 0 spiro atoms. The summed E-state index contributed by atoms with van der Waals surface area (Å²) in [5.41, 5.74) is -0.614. The summed E-state index contributed by atoms with van der Waals surface area (Å²) in [5, 5.41) is 5.19. The van der Waals surface area contributed by atoms with Gasteiger partial charge in [0, 0.05) is 43.2 Å². The van der Waals surface area contributed by atoms with Crippen LogP contribution >= 0.6 is 23.4 Å². The number of benzene rings is 1. The van der Waals surface area contributed by atoms with E-state index in [1.807, 2.05) is 59.7 Å². The average molecular weight is 600 g/mol. The second-order valence-electron chi connectivity index (χ2n) is 10.8. The molecule has 0 aromatic heterocycles. The third-order valence-electron chi connectivity index (χ3n) is 6.55. The second kappa shape index (κ2) is 16.2. The van der Waals surface area contributed by atoms with Crippen LogP contribution in [-0.4, -0.2) is 78.7 Å². The quantitative estimate of drug-likeness (QED) is 0.293. The molecule has 2 N–H and O–H groups in total. The van der Waals surface area contributed by atoms with Crippen molar-refractivity contribution < 1.29 is 28.7 Å². The van der Waals surface area contributed by atoms with Crippen LogP contribution in [0.15, 0.2) is 24.3 Å². The Kier molecular flexibility index (Phi) is 14.5. The number of nitrogens with zero attached hydrogens (tertiary/aromatic N) is 1. The normalized spacial score (nSPS) is 21.0. The van der Waals surface area contributed by atoms with Crippen LogP contribution in [0.2, 0.25) is 5.02 Å². The first-order valence-electron chi connectivity index (χ1n) is 13.6. The Bertz CT molecular complexity index is 1010. The topological polar surface area (TPSA) is 114 Å². The summed E-state index contributed by atoms with van der Waals surface area (Å²) in [6, 6.07) is 7.15. The van der Waals surface area contributed by atoms with Crippen LogP contribution in [0.25, 0.3) is 0 Å². The van der Waals surface area contributed by atoms with Gasteiger partial charge in [-0.3, -0.25) is 9.59 Å². The molecule has 4 atom stereocenters. The van der Waals surface area contributed by atoms with Gasteiger partial charge >= 0.3 is 6.09 Å². The number of carbonyl (C=O) groups is 4. The van der Waals surface area contributed by atoms with Gasteiger partial charge < -0.3 is 29.8 Å². The van der Waals surface area contributed by atoms with Crippen molar-refractivity contribution in [1.29, 1.82) is 0 Å². The van der Waals surface area contributed by atoms with Crippen LogP contribution in [0, 0.1) is 5.92 Å². The highest BCUT2D eigenvalue weighted by atomic mass is 35.5. The maximum atomic E-state index is 13.4. The average Bonchev–Trinajstić information content (AvgIpc) is 3.56. The summed E-state index contributed by atoms with van der Waals surface area (Å²) in [4.78, 5) is 51.6. The number of thioether (sulfide) groups is 1. The molecule has 226 valence electrons. The Balaban J connectivity index is 0.00000150. The maximum absolute atomic E-state index is 13.4. The molecule has 0 aliphatic carbocycles. The molecule has 0 saturated carbocycles. The van der Waals surface area contributed by atoms with Gasteiger partial charge in [0.05, 0.1) is 10.9 Å². The van der Waals surface area contributed by atoms with E-state index in [1.54, 1.807) is 32.1 Å². The monoisotopic (exact) mass is 599 g/mol. The van der Waals surface area contributed by atoms with Crippen molar-refractivity contribution in [3.05, 3.63) is 34.9 Å². The number of carbonyl (C=O) groups excluding carboxylic acids is 4. The zero-order valence-electron chi connectivity index (χ0n) is 25.2. The van der Waals surface area contributed by atoms with Gasteiger partial charge in [0.15, 0.2) is 0 Å². The third kappa shape index (κ3) is 9.96. The van der Waals surface area contributed by atoms with Crippen molar-refractivity contribution in [3.8, 4) is 0 Å². The fourth-order valence-corrected chi connectivity index (χ4v) is 5.58. The van der Waals surface area contributed by atoms with E-state index in [4.69, 9.17) is 16.3 Å². The van der Waals surface area contributed by atoms with Crippen molar-refractivity contribution in [3.63, 3.8) is 0 Å². The van der Waals surface area contributed by atoms with E-state index < -0.39 is 27.7 Å². The van der Waals surface area contributed by atoms with Crippen molar-refractivity contribution in [2.45, 2.75) is 88.9 Å². The van der Waals surface area contributed by atoms with E-state index >= 15 is 0 Å². The third-order valence-corrected chi connectivity index (χ3v) is 7.92. The van der Waals surface area contributed by atoms with E-state index in [1.165, 1.54) is 11.8 Å². The number of methoxy groups -OCH3 is 1. The van der Waals surface area contributed by atoms with E-state index in [9.17, 15) is 19.2 Å². The molecule has 2 heterocycles. The fraction of sp³-hybridized carbons (Fsp3) is 0.655. The van der Waals surface area contributed by atoms with Crippen molar-refractivity contribution in [2.24, 2.45) is 5.92 Å². The zero-order valence-corrected chi connectivity index (χ0v) is 26.8. The molecule has 0 bridgehead atoms. The zero-order chi connectivity index (χ0) is 30.7. The van der Waals surface area contributed by atoms with Crippen molar-refractivity contribution >= 4 is 47.6 Å². The van der Waals surface area contributed by atoms with E-state index in [2.05, 4.69) is 15.4 Å². The molecule has 2 saturated heterocycles. The summed E-state index contributed by atoms with van der Waals surface area (Å²) in [6.45, 7) is 14.0. The lowest BCUT2D eigenvalue weighted by Gasteiger charge is -2.41. The molecular weight excluding hydrogens is 554 g/mol. The Hall–Kier alpha value is -2.30. The Morgan fingerprint density at radius 3 is 2.38 bits per heavy atom. The number of rotatable bonds is 10. The number of nitrogens with one attached hydrogen (secondary N) is 2. The lowest BCUT2D eigenvalue weighted by Crippen LogP contribution is -2.57. The molecule has 4 unspecified atom stereocenters. The Labute approximate surface area is 248 Å². The van der Waals surface area contributed by atoms with Crippen molar-refractivity contribution in [1.82, 2.24) is 15.5 Å². The number of hydrogen-bond donors (Lipinski definition) is 2. The predicted octanol–water partition coefficient (Wildman–Crippen LogP) is 4.79. The number of ether oxygens (including phenoxy) is 2. The van der Waals surface area contributed by atoms with Gasteiger partial charge in [-0.2, -0.15) is 0 Å². The first kappa shape index (κ1) is 35.7. The summed E-state index contributed by atoms with van der Waals surface area (Å²) < 4.78 is 9.69. The Morgan fingerprint density at radius 1 is 1.25 bits per heavy atom. The highest BCUT2D eigenvalue weighted by Gasteiger charge is 2.52. The molecule has 11 heteroatoms. The van der Waals surface area contributed by atoms with Crippen LogP contribution < -0.4 is 10.6 Å². The van der Waals surface area contributed by atoms with E-state index in [0.29, 0.717) is 18.0 Å². The van der Waals surface area contributed by atoms with Gasteiger partial charge in [0.2, 0.25) is 11.8 Å². The van der Waals surface area contributed by atoms with Gasteiger partial charge in [-0.1, -0.05) is 51.4 Å². The minimum atomic E-state index is -1.12. The summed E-state index contributed by atoms with van der Waals surface area (Å²) in [5.74, 6) is -0.626. The smallest absolute Gasteiger partial charge is 0.408 e. The van der Waals surface area contributed by atoms with Crippen LogP contribution in [0.1, 0.15) is 66.9 Å². The molecule has 2 aliphatic rings. The summed E-state index contributed by atoms with van der Waals surface area (Å²) >= 11 is 7.39. The van der Waals surface area contributed by atoms with Gasteiger partial charge in [0.25, 0.3) is 0 Å². The predicted molar refractivity (Wildman–Crippen MR) is 161 cm³/mol. The maximum Gasteiger partial charge on any atom is 0.408 e. The van der Waals surface area contributed by atoms with Gasteiger partial charge in [-0.05, 0) is 51.3 Å². The fourth-order valence-electron chi connectivity index (χ4n) is 4.58. The van der Waals surface area contributed by atoms with Crippen LogP contribution in [0.4, 0.5) is 4.79 Å². The molecule has 1 aromatic carbocycles. The van der Waals surface area contributed by atoms with Crippen LogP contribution in [0.5, 0.6) is 0 Å². The number of amides is 3. The lowest BCUT2D eigenvalue weighted by atomic mass is 9.86. The highest BCUT2D eigenvalue weighted by Crippen LogP contribution is 2.43. The standard InChI is InChI=1S/C25H34ClN3O5S.C2H6O.C2H6/c1-15(2)29(25(5,13-30)12-16-9-10-27-20(16)31)22(32)19-21(35-19)28-23(33)34-14-24(3,4)17-7-6-8-18(26)11-17;1-3-2;1-2/h6-8,11,13,15-16,19,21H,9-10,12,14H2,1-5H3,(H,27,31)(H,28,33);1-2H3;1-2H3. The molecule has 2 fully saturated rings. The molecule has 9 nitrogen and oxygen atoms in total. The van der Waals surface area contributed by atoms with Crippen LogP contribution in [-0.2, 0) is 29.3 Å². The number of halogens is 1. The molecule has 40 heavy (non-hydrogen) atoms. The first-order chi connectivity index (χ1) is 18.8. The van der Waals surface area contributed by atoms with Crippen LogP contribution in [0.3, 0.4) is 0 Å². The molecule has 1 aromatic rings. The molecule has 0 radical (unpaired) electrons. The van der Waals surface area contributed by atoms with E-state index in [-0.39, 0.29) is 36.8 Å². The number of alkyl carbamates (subject to hydrolysis) is 1. The minimum Gasteiger partial charge on any atom is -0.449 e. The number of aldehydes is 1. The molecule has 2 aliphatic heterocycles. The highest BCUT2D eigenvalue weighted by molar-refractivity contribution is 8.08. The summed E-state index contributed by atoms with van der Waals surface area (Å²) in [7, 11) is 3.25. The molecule has 3 rings (SSSR count). The van der Waals surface area contributed by atoms with E-state index in [0.717, 1.165) is 11.8 Å². The minimum absolute atomic E-state index is 0.0852. The largest absolute Gasteiger partial charge is 0.449 e.